The van der Waals surface area contributed by atoms with E-state index in [1.807, 2.05) is 41.8 Å². The summed E-state index contributed by atoms with van der Waals surface area (Å²) in [6, 6.07) is 11.5. The molecule has 0 unspecified atom stereocenters. The Morgan fingerprint density at radius 2 is 2.10 bits per heavy atom. The summed E-state index contributed by atoms with van der Waals surface area (Å²) in [4.78, 5) is 27.9. The Morgan fingerprint density at radius 1 is 1.24 bits per heavy atom. The summed E-state index contributed by atoms with van der Waals surface area (Å²) in [6.45, 7) is 0.125. The first-order valence-electron chi connectivity index (χ1n) is 8.92. The van der Waals surface area contributed by atoms with Crippen LogP contribution in [0.15, 0.2) is 58.6 Å². The van der Waals surface area contributed by atoms with Gasteiger partial charge in [-0.15, -0.1) is 11.3 Å². The molecule has 4 N–H and O–H groups in total. The van der Waals surface area contributed by atoms with E-state index in [2.05, 4.69) is 20.8 Å². The Hall–Kier alpha value is -3.59. The molecule has 8 nitrogen and oxygen atoms in total. The third-order valence-corrected chi connectivity index (χ3v) is 5.34. The molecule has 0 saturated heterocycles. The highest BCUT2D eigenvalue weighted by Crippen LogP contribution is 2.25. The number of aliphatic carboxylic acids is 1. The largest absolute Gasteiger partial charge is 0.480 e. The standard InChI is InChI=1S/C20H18N4O4S/c25-19(26)16(8-12-10-21-15-5-2-1-4-14(12)15)23-20(27)22-11-13-9-17(28-24-13)18-6-3-7-29-18/h1-7,9-10,16,21H,8,11H2,(H,25,26)(H2,22,23,27)/t16-/m1/s1. The van der Waals surface area contributed by atoms with Crippen LogP contribution >= 0.6 is 11.3 Å². The molecule has 3 heterocycles. The molecule has 4 rings (SSSR count). The van der Waals surface area contributed by atoms with E-state index in [1.54, 1.807) is 12.3 Å². The normalized spacial score (nSPS) is 12.0. The van der Waals surface area contributed by atoms with Crippen molar-refractivity contribution < 1.29 is 19.2 Å². The first kappa shape index (κ1) is 18.8. The van der Waals surface area contributed by atoms with Gasteiger partial charge in [0.15, 0.2) is 5.76 Å². The molecule has 0 aliphatic heterocycles. The van der Waals surface area contributed by atoms with Crippen LogP contribution in [0.25, 0.3) is 21.5 Å². The second-order valence-corrected chi connectivity index (χ2v) is 7.39. The van der Waals surface area contributed by atoms with Crippen LogP contribution in [0, 0.1) is 0 Å². The van der Waals surface area contributed by atoms with E-state index in [9.17, 15) is 14.7 Å². The van der Waals surface area contributed by atoms with Gasteiger partial charge in [-0.05, 0) is 23.1 Å². The smallest absolute Gasteiger partial charge is 0.326 e. The van der Waals surface area contributed by atoms with Gasteiger partial charge in [-0.2, -0.15) is 0 Å². The number of fused-ring (bicyclic) bond motifs is 1. The van der Waals surface area contributed by atoms with Gasteiger partial charge < -0.3 is 25.2 Å². The summed E-state index contributed by atoms with van der Waals surface area (Å²) in [6.07, 6.45) is 1.93. The van der Waals surface area contributed by atoms with Gasteiger partial charge in [0.05, 0.1) is 11.4 Å². The Kier molecular flexibility index (Phi) is 5.30. The number of hydrogen-bond donors (Lipinski definition) is 4. The number of nitrogens with one attached hydrogen (secondary N) is 3. The van der Waals surface area contributed by atoms with Crippen molar-refractivity contribution in [2.24, 2.45) is 0 Å². The van der Waals surface area contributed by atoms with Gasteiger partial charge in [0.25, 0.3) is 0 Å². The van der Waals surface area contributed by atoms with Gasteiger partial charge in [0.2, 0.25) is 0 Å². The lowest BCUT2D eigenvalue weighted by Crippen LogP contribution is -2.46. The number of carboxylic acids is 1. The Morgan fingerprint density at radius 3 is 2.90 bits per heavy atom. The van der Waals surface area contributed by atoms with Crippen LogP contribution in [0.3, 0.4) is 0 Å². The number of carboxylic acid groups (broad SMARTS) is 1. The van der Waals surface area contributed by atoms with Gasteiger partial charge in [0, 0.05) is 29.6 Å². The number of rotatable bonds is 7. The Bertz CT molecular complexity index is 1130. The molecule has 4 aromatic rings. The Labute approximate surface area is 169 Å². The molecule has 148 valence electrons. The lowest BCUT2D eigenvalue weighted by Gasteiger charge is -2.14. The quantitative estimate of drug-likeness (QED) is 0.372. The predicted octanol–water partition coefficient (Wildman–Crippen LogP) is 3.38. The molecular weight excluding hydrogens is 392 g/mol. The first-order chi connectivity index (χ1) is 14.1. The molecule has 0 bridgehead atoms. The molecule has 0 saturated carbocycles. The molecule has 9 heteroatoms. The van der Waals surface area contributed by atoms with Crippen LogP contribution in [0.4, 0.5) is 4.79 Å². The Balaban J connectivity index is 1.36. The van der Waals surface area contributed by atoms with E-state index in [0.29, 0.717) is 11.5 Å². The maximum atomic E-state index is 12.2. The van der Waals surface area contributed by atoms with Crippen LogP contribution in [0.2, 0.25) is 0 Å². The summed E-state index contributed by atoms with van der Waals surface area (Å²) in [5.74, 6) is -0.480. The van der Waals surface area contributed by atoms with Crippen LogP contribution in [-0.4, -0.2) is 33.3 Å². The number of aromatic amines is 1. The molecule has 1 atom stereocenters. The summed E-state index contributed by atoms with van der Waals surface area (Å²) in [5, 5.41) is 21.4. The molecular formula is C20H18N4O4S. The molecule has 0 radical (unpaired) electrons. The predicted molar refractivity (Wildman–Crippen MR) is 109 cm³/mol. The van der Waals surface area contributed by atoms with Crippen molar-refractivity contribution in [1.82, 2.24) is 20.8 Å². The fourth-order valence-electron chi connectivity index (χ4n) is 3.03. The molecule has 0 fully saturated rings. The molecule has 29 heavy (non-hydrogen) atoms. The van der Waals surface area contributed by atoms with Crippen LogP contribution in [-0.2, 0) is 17.8 Å². The average molecular weight is 410 g/mol. The molecule has 0 aliphatic rings. The number of carbonyl (C=O) groups is 2. The van der Waals surface area contributed by atoms with Gasteiger partial charge in [-0.25, -0.2) is 9.59 Å². The van der Waals surface area contributed by atoms with Crippen molar-refractivity contribution in [3.05, 3.63) is 65.3 Å². The molecule has 2 amide bonds. The number of para-hydroxylation sites is 1. The maximum absolute atomic E-state index is 12.2. The SMILES string of the molecule is O=C(NCc1cc(-c2cccs2)on1)N[C@H](Cc1c[nH]c2ccccc12)C(=O)O. The third-order valence-electron chi connectivity index (χ3n) is 4.46. The van der Waals surface area contributed by atoms with E-state index in [-0.39, 0.29) is 13.0 Å². The van der Waals surface area contributed by atoms with Crippen molar-refractivity contribution >= 4 is 34.2 Å². The minimum Gasteiger partial charge on any atom is -0.480 e. The highest BCUT2D eigenvalue weighted by atomic mass is 32.1. The topological polar surface area (TPSA) is 120 Å². The van der Waals surface area contributed by atoms with Gasteiger partial charge in [-0.3, -0.25) is 0 Å². The number of carbonyl (C=O) groups excluding carboxylic acids is 1. The first-order valence-corrected chi connectivity index (χ1v) is 9.80. The van der Waals surface area contributed by atoms with Crippen molar-refractivity contribution in [1.29, 1.82) is 0 Å². The fourth-order valence-corrected chi connectivity index (χ4v) is 3.70. The lowest BCUT2D eigenvalue weighted by molar-refractivity contribution is -0.139. The second-order valence-electron chi connectivity index (χ2n) is 6.44. The van der Waals surface area contributed by atoms with Crippen molar-refractivity contribution in [3.8, 4) is 10.6 Å². The fraction of sp³-hybridized carbons (Fsp3) is 0.150. The van der Waals surface area contributed by atoms with E-state index in [1.165, 1.54) is 11.3 Å². The van der Waals surface area contributed by atoms with Crippen LogP contribution in [0.1, 0.15) is 11.3 Å². The number of urea groups is 1. The van der Waals surface area contributed by atoms with Gasteiger partial charge >= 0.3 is 12.0 Å². The monoisotopic (exact) mass is 410 g/mol. The average Bonchev–Trinajstić information content (AvgIpc) is 3.46. The zero-order chi connectivity index (χ0) is 20.2. The highest BCUT2D eigenvalue weighted by molar-refractivity contribution is 7.13. The number of benzene rings is 1. The van der Waals surface area contributed by atoms with Gasteiger partial charge in [-0.1, -0.05) is 29.4 Å². The second kappa shape index (κ2) is 8.19. The summed E-state index contributed by atoms with van der Waals surface area (Å²) in [7, 11) is 0. The highest BCUT2D eigenvalue weighted by Gasteiger charge is 2.22. The number of nitrogens with zero attached hydrogens (tertiary/aromatic N) is 1. The van der Waals surface area contributed by atoms with E-state index in [0.717, 1.165) is 21.3 Å². The molecule has 3 aromatic heterocycles. The summed E-state index contributed by atoms with van der Waals surface area (Å²) >= 11 is 1.53. The van der Waals surface area contributed by atoms with E-state index < -0.39 is 18.0 Å². The third kappa shape index (κ3) is 4.30. The summed E-state index contributed by atoms with van der Waals surface area (Å²) < 4.78 is 5.26. The van der Waals surface area contributed by atoms with E-state index >= 15 is 0 Å². The number of H-pyrrole nitrogens is 1. The lowest BCUT2D eigenvalue weighted by atomic mass is 10.1. The minimum atomic E-state index is -1.10. The maximum Gasteiger partial charge on any atom is 0.326 e. The molecule has 1 aromatic carbocycles. The number of hydrogen-bond acceptors (Lipinski definition) is 5. The number of aromatic nitrogens is 2. The van der Waals surface area contributed by atoms with Crippen LogP contribution in [0.5, 0.6) is 0 Å². The van der Waals surface area contributed by atoms with E-state index in [4.69, 9.17) is 4.52 Å². The number of amides is 2. The minimum absolute atomic E-state index is 0.125. The van der Waals surface area contributed by atoms with Gasteiger partial charge in [0.1, 0.15) is 11.7 Å². The van der Waals surface area contributed by atoms with Crippen molar-refractivity contribution in [2.75, 3.05) is 0 Å². The van der Waals surface area contributed by atoms with Crippen molar-refractivity contribution in [3.63, 3.8) is 0 Å². The zero-order valence-electron chi connectivity index (χ0n) is 15.2. The number of thiophene rings is 1. The van der Waals surface area contributed by atoms with Crippen LogP contribution < -0.4 is 10.6 Å². The summed E-state index contributed by atoms with van der Waals surface area (Å²) in [5.41, 5.74) is 2.29. The van der Waals surface area contributed by atoms with Crippen molar-refractivity contribution in [2.45, 2.75) is 19.0 Å². The zero-order valence-corrected chi connectivity index (χ0v) is 16.0. The molecule has 0 aliphatic carbocycles. The molecule has 0 spiro atoms.